The van der Waals surface area contributed by atoms with Gasteiger partial charge in [-0.05, 0) is 52.0 Å². The van der Waals surface area contributed by atoms with Crippen LogP contribution < -0.4 is 4.74 Å². The predicted octanol–water partition coefficient (Wildman–Crippen LogP) is 3.23. The molecule has 0 spiro atoms. The summed E-state index contributed by atoms with van der Waals surface area (Å²) < 4.78 is 30.6. The van der Waals surface area contributed by atoms with E-state index in [2.05, 4.69) is 4.79 Å². The molecule has 0 unspecified atom stereocenters. The van der Waals surface area contributed by atoms with E-state index in [1.807, 2.05) is 6.92 Å². The number of benzene rings is 2. The van der Waals surface area contributed by atoms with E-state index in [1.165, 1.54) is 36.4 Å². The standard InChI is InChI=1S/C20H20N2O5S/c1-13-5-7-14(8-6-13)17(23)18(22-21)28(25,26)16-11-9-15(10-12-16)27-19(24)20(2,3)4/h5-12H,1-4H3. The number of sulfone groups is 1. The second-order valence-corrected chi connectivity index (χ2v) is 9.08. The van der Waals surface area contributed by atoms with Crippen molar-refractivity contribution in [2.24, 2.45) is 5.41 Å². The van der Waals surface area contributed by atoms with Gasteiger partial charge < -0.3 is 10.3 Å². The molecule has 8 heteroatoms. The fourth-order valence-electron chi connectivity index (χ4n) is 2.11. The molecule has 0 bridgehead atoms. The maximum Gasteiger partial charge on any atom is 0.456 e. The molecule has 0 atom stereocenters. The Morgan fingerprint density at radius 3 is 1.96 bits per heavy atom. The zero-order valence-electron chi connectivity index (χ0n) is 16.0. The summed E-state index contributed by atoms with van der Waals surface area (Å²) in [5, 5.41) is -0.990. The van der Waals surface area contributed by atoms with Gasteiger partial charge in [-0.15, -0.1) is 4.79 Å². The van der Waals surface area contributed by atoms with Crippen LogP contribution in [0.15, 0.2) is 53.4 Å². The summed E-state index contributed by atoms with van der Waals surface area (Å²) in [4.78, 5) is 26.9. The highest BCUT2D eigenvalue weighted by Gasteiger charge is 2.38. The molecular formula is C20H20N2O5S. The lowest BCUT2D eigenvalue weighted by atomic mass is 9.97. The van der Waals surface area contributed by atoms with Crippen molar-refractivity contribution in [3.63, 3.8) is 0 Å². The Balaban J connectivity index is 2.32. The maximum atomic E-state index is 12.7. The Labute approximate surface area is 163 Å². The normalized spacial score (nSPS) is 11.4. The number of hydrogen-bond donors (Lipinski definition) is 0. The van der Waals surface area contributed by atoms with Crippen molar-refractivity contribution in [1.82, 2.24) is 0 Å². The molecule has 0 heterocycles. The van der Waals surface area contributed by atoms with E-state index in [0.29, 0.717) is 0 Å². The molecule has 0 radical (unpaired) electrons. The molecule has 0 amide bonds. The SMILES string of the molecule is Cc1ccc(C(=O)C(=[N+]=[N-])S(=O)(=O)c2ccc(OC(=O)C(C)(C)C)cc2)cc1. The topological polar surface area (TPSA) is 114 Å². The Hall–Kier alpha value is -3.09. The van der Waals surface area contributed by atoms with E-state index >= 15 is 0 Å². The number of ketones is 1. The minimum Gasteiger partial charge on any atom is -0.426 e. The minimum atomic E-state index is -4.37. The summed E-state index contributed by atoms with van der Waals surface area (Å²) in [6, 6.07) is 11.1. The molecule has 0 N–H and O–H groups in total. The molecule has 0 aromatic heterocycles. The third-order valence-corrected chi connectivity index (χ3v) is 5.48. The fraction of sp³-hybridized carbons (Fsp3) is 0.250. The Kier molecular flexibility index (Phi) is 5.97. The van der Waals surface area contributed by atoms with E-state index in [-0.39, 0.29) is 16.2 Å². The lowest BCUT2D eigenvalue weighted by Gasteiger charge is -2.16. The van der Waals surface area contributed by atoms with Crippen LogP contribution in [0.5, 0.6) is 5.75 Å². The third kappa shape index (κ3) is 4.60. The zero-order chi connectivity index (χ0) is 21.1. The van der Waals surface area contributed by atoms with Crippen molar-refractivity contribution in [3.8, 4) is 5.75 Å². The molecule has 146 valence electrons. The van der Waals surface area contributed by atoms with Gasteiger partial charge in [0.15, 0.2) is 0 Å². The second kappa shape index (κ2) is 7.88. The molecule has 2 rings (SSSR count). The van der Waals surface area contributed by atoms with Crippen molar-refractivity contribution in [2.75, 3.05) is 0 Å². The average molecular weight is 400 g/mol. The van der Waals surface area contributed by atoms with Gasteiger partial charge in [0.1, 0.15) is 5.75 Å². The first-order valence-electron chi connectivity index (χ1n) is 8.37. The number of rotatable bonds is 4. The highest BCUT2D eigenvalue weighted by Crippen LogP contribution is 2.22. The van der Waals surface area contributed by atoms with Crippen LogP contribution in [-0.2, 0) is 14.6 Å². The first-order valence-corrected chi connectivity index (χ1v) is 9.86. The molecule has 0 aliphatic carbocycles. The summed E-state index contributed by atoms with van der Waals surface area (Å²) in [6.45, 7) is 6.89. The van der Waals surface area contributed by atoms with E-state index < -0.39 is 32.0 Å². The number of aryl methyl sites for hydroxylation is 1. The van der Waals surface area contributed by atoms with Gasteiger partial charge in [0.2, 0.25) is 0 Å². The van der Waals surface area contributed by atoms with Gasteiger partial charge >= 0.3 is 11.0 Å². The molecule has 0 saturated carbocycles. The van der Waals surface area contributed by atoms with E-state index in [4.69, 9.17) is 4.74 Å². The molecule has 0 fully saturated rings. The number of carbonyl (C=O) groups is 2. The van der Waals surface area contributed by atoms with Gasteiger partial charge in [0.05, 0.1) is 10.3 Å². The second-order valence-electron chi connectivity index (χ2n) is 7.21. The van der Waals surface area contributed by atoms with Crippen LogP contribution in [-0.4, -0.2) is 30.0 Å². The van der Waals surface area contributed by atoms with Crippen LogP contribution >= 0.6 is 0 Å². The highest BCUT2D eigenvalue weighted by molar-refractivity contribution is 8.08. The van der Waals surface area contributed by atoms with Gasteiger partial charge in [-0.1, -0.05) is 29.8 Å². The molecule has 2 aromatic carbocycles. The first kappa shape index (κ1) is 21.2. The Bertz CT molecular complexity index is 1060. The molecule has 7 nitrogen and oxygen atoms in total. The van der Waals surface area contributed by atoms with Crippen LogP contribution in [0.4, 0.5) is 0 Å². The van der Waals surface area contributed by atoms with Crippen LogP contribution in [0.25, 0.3) is 5.53 Å². The number of nitrogens with zero attached hydrogens (tertiary/aromatic N) is 2. The zero-order valence-corrected chi connectivity index (χ0v) is 16.8. The summed E-state index contributed by atoms with van der Waals surface area (Å²) in [5.74, 6) is -1.24. The van der Waals surface area contributed by atoms with E-state index in [0.717, 1.165) is 5.56 Å². The molecule has 28 heavy (non-hydrogen) atoms. The van der Waals surface area contributed by atoms with Crippen molar-refractivity contribution in [2.45, 2.75) is 32.6 Å². The summed E-state index contributed by atoms with van der Waals surface area (Å²) in [7, 11) is -4.37. The largest absolute Gasteiger partial charge is 0.456 e. The summed E-state index contributed by atoms with van der Waals surface area (Å²) in [6.07, 6.45) is 0. The molecule has 0 aliphatic rings. The minimum absolute atomic E-state index is 0.0812. The van der Waals surface area contributed by atoms with Crippen molar-refractivity contribution in [1.29, 1.82) is 0 Å². The van der Waals surface area contributed by atoms with E-state index in [1.54, 1.807) is 32.9 Å². The monoisotopic (exact) mass is 400 g/mol. The van der Waals surface area contributed by atoms with Gasteiger partial charge in [0.25, 0.3) is 15.6 Å². The number of ether oxygens (including phenoxy) is 1. The number of esters is 1. The first-order chi connectivity index (χ1) is 13.0. The molecule has 0 saturated heterocycles. The van der Waals surface area contributed by atoms with Crippen LogP contribution in [0.3, 0.4) is 0 Å². The molecular weight excluding hydrogens is 380 g/mol. The van der Waals surface area contributed by atoms with Gasteiger partial charge in [-0.3, -0.25) is 9.59 Å². The summed E-state index contributed by atoms with van der Waals surface area (Å²) >= 11 is 0. The third-order valence-electron chi connectivity index (χ3n) is 3.81. The molecule has 0 aliphatic heterocycles. The van der Waals surface area contributed by atoms with Crippen molar-refractivity contribution in [3.05, 3.63) is 65.2 Å². The van der Waals surface area contributed by atoms with Crippen molar-refractivity contribution >= 4 is 26.6 Å². The van der Waals surface area contributed by atoms with Gasteiger partial charge in [0, 0.05) is 5.56 Å². The average Bonchev–Trinajstić information content (AvgIpc) is 2.62. The molecule has 2 aromatic rings. The lowest BCUT2D eigenvalue weighted by Crippen LogP contribution is -2.26. The number of Topliss-reactive ketones (excluding diaryl/α,β-unsaturated/α-hetero) is 1. The van der Waals surface area contributed by atoms with E-state index in [9.17, 15) is 23.5 Å². The Morgan fingerprint density at radius 1 is 0.964 bits per heavy atom. The number of hydrogen-bond acceptors (Lipinski definition) is 5. The predicted molar refractivity (Wildman–Crippen MR) is 103 cm³/mol. The Morgan fingerprint density at radius 2 is 1.50 bits per heavy atom. The lowest BCUT2D eigenvalue weighted by molar-refractivity contribution is -0.143. The van der Waals surface area contributed by atoms with Crippen LogP contribution in [0.1, 0.15) is 36.7 Å². The van der Waals surface area contributed by atoms with Gasteiger partial charge in [-0.2, -0.15) is 0 Å². The maximum absolute atomic E-state index is 12.7. The quantitative estimate of drug-likeness (QED) is 0.149. The highest BCUT2D eigenvalue weighted by atomic mass is 32.2. The van der Waals surface area contributed by atoms with Crippen LogP contribution in [0, 0.1) is 12.3 Å². The van der Waals surface area contributed by atoms with Gasteiger partial charge in [-0.25, -0.2) is 8.42 Å². The number of carbonyl (C=O) groups excluding carboxylic acids is 2. The fourth-order valence-corrected chi connectivity index (χ4v) is 3.30. The van der Waals surface area contributed by atoms with Crippen LogP contribution in [0.2, 0.25) is 0 Å². The smallest absolute Gasteiger partial charge is 0.426 e. The van der Waals surface area contributed by atoms with Crippen molar-refractivity contribution < 1.29 is 27.5 Å². The summed E-state index contributed by atoms with van der Waals surface area (Å²) in [5.41, 5.74) is 9.44.